The summed E-state index contributed by atoms with van der Waals surface area (Å²) in [5.74, 6) is 0. The Balaban J connectivity index is 2.40. The van der Waals surface area contributed by atoms with Gasteiger partial charge in [0.05, 0.1) is 3.79 Å². The quantitative estimate of drug-likeness (QED) is 0.711. The summed E-state index contributed by atoms with van der Waals surface area (Å²) in [5, 5.41) is 3.59. The molecule has 0 saturated heterocycles. The Kier molecular flexibility index (Phi) is 6.09. The monoisotopic (exact) mass is 345 g/mol. The number of hydrogen-bond acceptors (Lipinski definition) is 2. The molecular formula is C16H28BrNS. The van der Waals surface area contributed by atoms with Gasteiger partial charge in [-0.05, 0) is 86.5 Å². The van der Waals surface area contributed by atoms with Crippen molar-refractivity contribution in [3.63, 3.8) is 0 Å². The van der Waals surface area contributed by atoms with E-state index < -0.39 is 0 Å². The molecule has 1 aromatic rings. The highest BCUT2D eigenvalue weighted by atomic mass is 79.9. The fourth-order valence-corrected chi connectivity index (χ4v) is 3.89. The van der Waals surface area contributed by atoms with Gasteiger partial charge in [0.25, 0.3) is 0 Å². The Bertz CT molecular complexity index is 401. The molecule has 0 amide bonds. The first-order chi connectivity index (χ1) is 8.59. The highest BCUT2D eigenvalue weighted by molar-refractivity contribution is 9.11. The van der Waals surface area contributed by atoms with Crippen molar-refractivity contribution in [2.75, 3.05) is 6.54 Å². The summed E-state index contributed by atoms with van der Waals surface area (Å²) >= 11 is 5.42. The van der Waals surface area contributed by atoms with Gasteiger partial charge in [-0.25, -0.2) is 0 Å². The van der Waals surface area contributed by atoms with Crippen molar-refractivity contribution < 1.29 is 0 Å². The molecule has 0 saturated carbocycles. The lowest BCUT2D eigenvalue weighted by atomic mass is 9.83. The fraction of sp³-hybridized carbons (Fsp3) is 0.750. The van der Waals surface area contributed by atoms with E-state index >= 15 is 0 Å². The molecule has 1 N–H and O–H groups in total. The maximum Gasteiger partial charge on any atom is 0.0704 e. The molecule has 1 heterocycles. The van der Waals surface area contributed by atoms with E-state index in [9.17, 15) is 0 Å². The van der Waals surface area contributed by atoms with Crippen molar-refractivity contribution in [2.45, 2.75) is 66.3 Å². The third-order valence-electron chi connectivity index (χ3n) is 3.52. The molecule has 1 rings (SSSR count). The van der Waals surface area contributed by atoms with Crippen molar-refractivity contribution in [3.05, 3.63) is 20.3 Å². The Morgan fingerprint density at radius 1 is 1.16 bits per heavy atom. The average molecular weight is 346 g/mol. The molecule has 0 fully saturated rings. The molecule has 0 aliphatic carbocycles. The van der Waals surface area contributed by atoms with Crippen LogP contribution in [-0.2, 0) is 6.42 Å². The Labute approximate surface area is 131 Å². The van der Waals surface area contributed by atoms with Gasteiger partial charge < -0.3 is 5.32 Å². The molecule has 0 atom stereocenters. The van der Waals surface area contributed by atoms with Crippen LogP contribution in [-0.4, -0.2) is 12.1 Å². The van der Waals surface area contributed by atoms with Gasteiger partial charge in [-0.1, -0.05) is 13.8 Å². The number of nitrogens with one attached hydrogen (secondary N) is 1. The third kappa shape index (κ3) is 6.92. The van der Waals surface area contributed by atoms with Crippen LogP contribution in [0.2, 0.25) is 0 Å². The molecule has 0 aliphatic rings. The first-order valence-electron chi connectivity index (χ1n) is 7.09. The molecule has 1 nitrogen and oxygen atoms in total. The third-order valence-corrected chi connectivity index (χ3v) is 5.11. The summed E-state index contributed by atoms with van der Waals surface area (Å²) in [6, 6.07) is 2.28. The van der Waals surface area contributed by atoms with Crippen molar-refractivity contribution in [1.29, 1.82) is 0 Å². The predicted octanol–water partition coefficient (Wildman–Crippen LogP) is 5.56. The molecule has 1 aromatic heterocycles. The van der Waals surface area contributed by atoms with Gasteiger partial charge in [-0.3, -0.25) is 0 Å². The van der Waals surface area contributed by atoms with Crippen molar-refractivity contribution in [2.24, 2.45) is 5.41 Å². The molecule has 0 aliphatic heterocycles. The van der Waals surface area contributed by atoms with E-state index in [1.54, 1.807) is 0 Å². The summed E-state index contributed by atoms with van der Waals surface area (Å²) in [7, 11) is 0. The van der Waals surface area contributed by atoms with Gasteiger partial charge in [0, 0.05) is 10.4 Å². The molecule has 3 heteroatoms. The first-order valence-corrected chi connectivity index (χ1v) is 8.70. The van der Waals surface area contributed by atoms with Gasteiger partial charge in [0.2, 0.25) is 0 Å². The Morgan fingerprint density at radius 3 is 2.26 bits per heavy atom. The second-order valence-corrected chi connectivity index (χ2v) is 9.86. The standard InChI is InChI=1S/C16H28BrNS/c1-12-13(11-14(17)19-12)7-8-16(5,6)9-10-18-15(2,3)4/h11,18H,7-10H2,1-6H3. The number of halogens is 1. The highest BCUT2D eigenvalue weighted by Gasteiger charge is 2.19. The second kappa shape index (κ2) is 6.73. The summed E-state index contributed by atoms with van der Waals surface area (Å²) < 4.78 is 1.26. The average Bonchev–Trinajstić information content (AvgIpc) is 2.52. The first kappa shape index (κ1) is 17.2. The van der Waals surface area contributed by atoms with Crippen LogP contribution >= 0.6 is 27.3 Å². The number of aryl methyl sites for hydroxylation is 2. The van der Waals surface area contributed by atoms with Gasteiger partial charge in [-0.15, -0.1) is 11.3 Å². The zero-order valence-electron chi connectivity index (χ0n) is 13.2. The summed E-state index contributed by atoms with van der Waals surface area (Å²) in [5.41, 5.74) is 2.14. The smallest absolute Gasteiger partial charge is 0.0704 e. The summed E-state index contributed by atoms with van der Waals surface area (Å²) in [4.78, 5) is 1.45. The van der Waals surface area contributed by atoms with E-state index in [2.05, 4.69) is 68.9 Å². The van der Waals surface area contributed by atoms with Crippen LogP contribution in [0.15, 0.2) is 9.85 Å². The van der Waals surface area contributed by atoms with Crippen molar-refractivity contribution in [3.8, 4) is 0 Å². The van der Waals surface area contributed by atoms with E-state index in [0.717, 1.165) is 6.54 Å². The van der Waals surface area contributed by atoms with Crippen LogP contribution in [0.5, 0.6) is 0 Å². The maximum atomic E-state index is 3.59. The van der Waals surface area contributed by atoms with E-state index in [4.69, 9.17) is 0 Å². The van der Waals surface area contributed by atoms with Gasteiger partial charge in [0.1, 0.15) is 0 Å². The van der Waals surface area contributed by atoms with Crippen LogP contribution in [0.25, 0.3) is 0 Å². The minimum Gasteiger partial charge on any atom is -0.312 e. The lowest BCUT2D eigenvalue weighted by molar-refractivity contribution is 0.284. The lowest BCUT2D eigenvalue weighted by Crippen LogP contribution is -2.38. The predicted molar refractivity (Wildman–Crippen MR) is 91.2 cm³/mol. The summed E-state index contributed by atoms with van der Waals surface area (Å²) in [6.45, 7) is 14.8. The molecular weight excluding hydrogens is 318 g/mol. The van der Waals surface area contributed by atoms with E-state index in [1.807, 2.05) is 11.3 Å². The molecule has 19 heavy (non-hydrogen) atoms. The Morgan fingerprint density at radius 2 is 1.79 bits per heavy atom. The number of rotatable bonds is 6. The van der Waals surface area contributed by atoms with Crippen LogP contribution in [0, 0.1) is 12.3 Å². The van der Waals surface area contributed by atoms with Crippen LogP contribution in [0.4, 0.5) is 0 Å². The van der Waals surface area contributed by atoms with Crippen LogP contribution < -0.4 is 5.32 Å². The maximum absolute atomic E-state index is 3.59. The van der Waals surface area contributed by atoms with E-state index in [0.29, 0.717) is 5.41 Å². The number of hydrogen-bond donors (Lipinski definition) is 1. The lowest BCUT2D eigenvalue weighted by Gasteiger charge is -2.28. The Hall–Kier alpha value is 0.140. The highest BCUT2D eigenvalue weighted by Crippen LogP contribution is 2.31. The molecule has 0 unspecified atom stereocenters. The van der Waals surface area contributed by atoms with Gasteiger partial charge in [0.15, 0.2) is 0 Å². The minimum atomic E-state index is 0.227. The van der Waals surface area contributed by atoms with Gasteiger partial charge >= 0.3 is 0 Å². The van der Waals surface area contributed by atoms with E-state index in [1.165, 1.54) is 33.5 Å². The topological polar surface area (TPSA) is 12.0 Å². The fourth-order valence-electron chi connectivity index (χ4n) is 2.10. The van der Waals surface area contributed by atoms with Gasteiger partial charge in [-0.2, -0.15) is 0 Å². The van der Waals surface area contributed by atoms with Crippen LogP contribution in [0.3, 0.4) is 0 Å². The van der Waals surface area contributed by atoms with Crippen molar-refractivity contribution in [1.82, 2.24) is 5.32 Å². The molecule has 110 valence electrons. The molecule has 0 spiro atoms. The number of thiophene rings is 1. The minimum absolute atomic E-state index is 0.227. The zero-order valence-corrected chi connectivity index (χ0v) is 15.6. The molecule has 0 aromatic carbocycles. The zero-order chi connectivity index (χ0) is 14.7. The summed E-state index contributed by atoms with van der Waals surface area (Å²) in [6.07, 6.45) is 3.67. The van der Waals surface area contributed by atoms with Crippen molar-refractivity contribution >= 4 is 27.3 Å². The molecule has 0 bridgehead atoms. The second-order valence-electron chi connectivity index (χ2n) is 7.22. The molecule has 0 radical (unpaired) electrons. The SMILES string of the molecule is Cc1sc(Br)cc1CCC(C)(C)CCNC(C)(C)C. The van der Waals surface area contributed by atoms with E-state index in [-0.39, 0.29) is 5.54 Å². The normalized spacial score (nSPS) is 13.0. The van der Waals surface area contributed by atoms with Crippen LogP contribution in [0.1, 0.15) is 57.9 Å². The largest absolute Gasteiger partial charge is 0.312 e.